The van der Waals surface area contributed by atoms with Gasteiger partial charge >= 0.3 is 5.92 Å². The number of amidine groups is 1. The number of carbonyl (C=O) groups is 2. The molecule has 1 amide bonds. The molecule has 1 aliphatic rings. The number of anilines is 1. The van der Waals surface area contributed by atoms with Crippen LogP contribution in [0.15, 0.2) is 34.0 Å². The summed E-state index contributed by atoms with van der Waals surface area (Å²) in [5.74, 6) is -4.66. The number of alkyl halides is 2. The predicted octanol–water partition coefficient (Wildman–Crippen LogP) is 2.52. The number of oxazole rings is 1. The third-order valence-corrected chi connectivity index (χ3v) is 4.37. The van der Waals surface area contributed by atoms with Crippen LogP contribution in [-0.4, -0.2) is 41.0 Å². The monoisotopic (exact) mass is 428 g/mol. The van der Waals surface area contributed by atoms with E-state index in [1.165, 1.54) is 6.07 Å². The minimum absolute atomic E-state index is 0.0632. The van der Waals surface area contributed by atoms with Crippen molar-refractivity contribution in [2.24, 2.45) is 10.7 Å². The maximum atomic E-state index is 14.4. The molecule has 3 rings (SSSR count). The van der Waals surface area contributed by atoms with Gasteiger partial charge in [-0.15, -0.1) is 0 Å². The van der Waals surface area contributed by atoms with E-state index in [1.54, 1.807) is 6.92 Å². The molecule has 0 fully saturated rings. The van der Waals surface area contributed by atoms with E-state index in [0.29, 0.717) is 12.2 Å². The molecule has 1 aromatic heterocycles. The highest BCUT2D eigenvalue weighted by atomic mass is 19.3. The van der Waals surface area contributed by atoms with E-state index in [1.807, 2.05) is 0 Å². The first-order valence-electron chi connectivity index (χ1n) is 8.57. The first-order valence-corrected chi connectivity index (χ1v) is 8.57. The number of aryl methyl sites for hydroxylation is 1. The number of nitrogens with one attached hydrogen (secondary N) is 1. The van der Waals surface area contributed by atoms with Crippen LogP contribution in [-0.2, 0) is 21.5 Å². The van der Waals surface area contributed by atoms with Gasteiger partial charge in [-0.05, 0) is 25.1 Å². The van der Waals surface area contributed by atoms with Crippen LogP contribution in [0.3, 0.4) is 0 Å². The van der Waals surface area contributed by atoms with Gasteiger partial charge in [0.2, 0.25) is 0 Å². The molecule has 0 spiro atoms. The number of nitrogens with zero attached hydrogens (tertiary/aromatic N) is 2. The fourth-order valence-electron chi connectivity index (χ4n) is 2.77. The van der Waals surface area contributed by atoms with Crippen LogP contribution in [0.4, 0.5) is 18.9 Å². The van der Waals surface area contributed by atoms with Crippen LogP contribution in [0.5, 0.6) is 0 Å². The van der Waals surface area contributed by atoms with Crippen molar-refractivity contribution in [2.75, 3.05) is 11.9 Å². The van der Waals surface area contributed by atoms with Gasteiger partial charge in [0.1, 0.15) is 11.6 Å². The molecule has 162 valence electrons. The van der Waals surface area contributed by atoms with Gasteiger partial charge in [0, 0.05) is 17.7 Å². The molecule has 2 aromatic rings. The highest BCUT2D eigenvalue weighted by Gasteiger charge is 2.56. The number of aliphatic imine (C=N–C) groups is 1. The highest BCUT2D eigenvalue weighted by Crippen LogP contribution is 2.44. The zero-order valence-electron chi connectivity index (χ0n) is 16.0. The molecule has 0 bridgehead atoms. The lowest BCUT2D eigenvalue weighted by atomic mass is 9.85. The largest absolute Gasteiger partial charge is 0.483 e. The zero-order chi connectivity index (χ0) is 22.5. The van der Waals surface area contributed by atoms with Gasteiger partial charge in [0.05, 0.1) is 0 Å². The molecule has 4 N–H and O–H groups in total. The number of aromatic nitrogens is 1. The van der Waals surface area contributed by atoms with E-state index in [-0.39, 0.29) is 17.9 Å². The van der Waals surface area contributed by atoms with Crippen molar-refractivity contribution in [2.45, 2.75) is 31.7 Å². The third-order valence-electron chi connectivity index (χ3n) is 4.37. The smallest absolute Gasteiger partial charge is 0.310 e. The van der Waals surface area contributed by atoms with Crippen molar-refractivity contribution in [1.29, 1.82) is 0 Å². The molecule has 1 aromatic carbocycles. The van der Waals surface area contributed by atoms with Crippen molar-refractivity contribution in [3.05, 3.63) is 47.4 Å². The average Bonchev–Trinajstić information content (AvgIpc) is 3.16. The molecule has 0 aliphatic carbocycles. The van der Waals surface area contributed by atoms with E-state index < -0.39 is 41.4 Å². The molecule has 30 heavy (non-hydrogen) atoms. The number of rotatable bonds is 4. The second kappa shape index (κ2) is 8.84. The van der Waals surface area contributed by atoms with E-state index in [0.717, 1.165) is 25.5 Å². The zero-order valence-corrected chi connectivity index (χ0v) is 16.0. The summed E-state index contributed by atoms with van der Waals surface area (Å²) in [6.45, 7) is 1.55. The van der Waals surface area contributed by atoms with Crippen molar-refractivity contribution >= 4 is 24.1 Å². The predicted molar refractivity (Wildman–Crippen MR) is 98.8 cm³/mol. The normalized spacial score (nSPS) is 19.6. The van der Waals surface area contributed by atoms with Crippen LogP contribution < -0.4 is 11.1 Å². The molecule has 0 radical (unpaired) electrons. The maximum Gasteiger partial charge on any atom is 0.310 e. The quantitative estimate of drug-likeness (QED) is 0.636. The summed E-state index contributed by atoms with van der Waals surface area (Å²) in [5.41, 5.74) is 2.86. The van der Waals surface area contributed by atoms with E-state index in [4.69, 9.17) is 20.1 Å². The second-order valence-corrected chi connectivity index (χ2v) is 6.25. The van der Waals surface area contributed by atoms with E-state index in [2.05, 4.69) is 20.0 Å². The molecule has 2 heterocycles. The summed E-state index contributed by atoms with van der Waals surface area (Å²) < 4.78 is 52.9. The molecular weight excluding hydrogens is 409 g/mol. The number of carbonyl (C=O) groups excluding carboxylic acids is 1. The number of carboxylic acid groups (broad SMARTS) is 1. The lowest BCUT2D eigenvalue weighted by Crippen LogP contribution is -2.51. The molecule has 12 heteroatoms. The van der Waals surface area contributed by atoms with Crippen LogP contribution in [0.2, 0.25) is 0 Å². The van der Waals surface area contributed by atoms with Gasteiger partial charge in [-0.1, -0.05) is 6.92 Å². The Morgan fingerprint density at radius 2 is 2.10 bits per heavy atom. The van der Waals surface area contributed by atoms with Crippen LogP contribution in [0.1, 0.15) is 35.7 Å². The van der Waals surface area contributed by atoms with Crippen LogP contribution in [0, 0.1) is 5.82 Å². The Morgan fingerprint density at radius 1 is 1.43 bits per heavy atom. The van der Waals surface area contributed by atoms with E-state index in [9.17, 15) is 18.0 Å². The Morgan fingerprint density at radius 3 is 2.73 bits per heavy atom. The van der Waals surface area contributed by atoms with Gasteiger partial charge in [-0.25, -0.2) is 14.4 Å². The van der Waals surface area contributed by atoms with Crippen molar-refractivity contribution < 1.29 is 37.0 Å². The van der Waals surface area contributed by atoms with Crippen LogP contribution in [0.25, 0.3) is 0 Å². The topological polar surface area (TPSA) is 140 Å². The third kappa shape index (κ3) is 4.36. The molecule has 1 aliphatic heterocycles. The Hall–Kier alpha value is -3.57. The first-order chi connectivity index (χ1) is 14.1. The van der Waals surface area contributed by atoms with Crippen LogP contribution >= 0.6 is 0 Å². The minimum Gasteiger partial charge on any atom is -0.483 e. The van der Waals surface area contributed by atoms with Crippen molar-refractivity contribution in [3.63, 3.8) is 0 Å². The summed E-state index contributed by atoms with van der Waals surface area (Å²) in [5, 5.41) is 9.39. The Labute approximate surface area is 168 Å². The lowest BCUT2D eigenvalue weighted by Gasteiger charge is -2.37. The lowest BCUT2D eigenvalue weighted by molar-refractivity contribution is -0.122. The number of halogens is 3. The standard InChI is InChI=1S/C17H17F3N4O3.CH2O2/c1-3-12-13(22-8-27-12)14(25)23-9-4-5-11(18)10(6-9)16(2)17(19,20)7-26-15(21)24-16;2-1-3/h4-6,8H,3,7H2,1-2H3,(H2,21,24)(H,23,25);1H,(H,2,3). The molecule has 0 saturated heterocycles. The number of benzene rings is 1. The molecule has 9 nitrogen and oxygen atoms in total. The SMILES string of the molecule is CCc1ocnc1C(=O)Nc1ccc(F)c(C2(C)N=C(N)OCC2(F)F)c1.O=CO. The summed E-state index contributed by atoms with van der Waals surface area (Å²) in [7, 11) is 0. The molecular formula is C18H19F3N4O5. The Bertz CT molecular complexity index is 963. The first kappa shape index (κ1) is 22.7. The average molecular weight is 428 g/mol. The van der Waals surface area contributed by atoms with Crippen molar-refractivity contribution in [3.8, 4) is 0 Å². The summed E-state index contributed by atoms with van der Waals surface area (Å²) >= 11 is 0. The molecule has 1 unspecified atom stereocenters. The fourth-order valence-corrected chi connectivity index (χ4v) is 2.77. The number of ether oxygens (including phenoxy) is 1. The van der Waals surface area contributed by atoms with Gasteiger partial charge in [0.15, 0.2) is 24.2 Å². The number of nitrogens with two attached hydrogens (primary N) is 1. The Kier molecular flexibility index (Phi) is 6.70. The van der Waals surface area contributed by atoms with Gasteiger partial charge < -0.3 is 25.3 Å². The van der Waals surface area contributed by atoms with Gasteiger partial charge in [0.25, 0.3) is 18.4 Å². The number of hydrogen-bond donors (Lipinski definition) is 3. The summed E-state index contributed by atoms with van der Waals surface area (Å²) in [6.07, 6.45) is 1.57. The molecule has 0 saturated carbocycles. The summed E-state index contributed by atoms with van der Waals surface area (Å²) in [6, 6.07) is 2.84. The second-order valence-electron chi connectivity index (χ2n) is 6.25. The highest BCUT2D eigenvalue weighted by molar-refractivity contribution is 6.03. The van der Waals surface area contributed by atoms with E-state index >= 15 is 0 Å². The van der Waals surface area contributed by atoms with Crippen molar-refractivity contribution in [1.82, 2.24) is 4.98 Å². The number of amides is 1. The van der Waals surface area contributed by atoms with Gasteiger partial charge in [-0.2, -0.15) is 8.78 Å². The molecule has 1 atom stereocenters. The Balaban J connectivity index is 0.00000101. The summed E-state index contributed by atoms with van der Waals surface area (Å²) in [4.78, 5) is 28.2. The van der Waals surface area contributed by atoms with Gasteiger partial charge in [-0.3, -0.25) is 9.59 Å². The minimum atomic E-state index is -3.51. The maximum absolute atomic E-state index is 14.4. The number of hydrogen-bond acceptors (Lipinski definition) is 7. The fraction of sp³-hybridized carbons (Fsp3) is 0.333.